The van der Waals surface area contributed by atoms with Gasteiger partial charge in [-0.1, -0.05) is 64.2 Å². The zero-order valence-electron chi connectivity index (χ0n) is 22.1. The van der Waals surface area contributed by atoms with Crippen molar-refractivity contribution >= 4 is 5.91 Å². The van der Waals surface area contributed by atoms with E-state index < -0.39 is 0 Å². The van der Waals surface area contributed by atoms with Crippen molar-refractivity contribution in [3.8, 4) is 5.75 Å². The van der Waals surface area contributed by atoms with E-state index in [2.05, 4.69) is 55.0 Å². The van der Waals surface area contributed by atoms with E-state index in [9.17, 15) is 4.79 Å². The Morgan fingerprint density at radius 3 is 2.35 bits per heavy atom. The van der Waals surface area contributed by atoms with Crippen LogP contribution in [-0.4, -0.2) is 47.5 Å². The second-order valence-corrected chi connectivity index (χ2v) is 11.5. The fourth-order valence-corrected chi connectivity index (χ4v) is 6.77. The fourth-order valence-electron chi connectivity index (χ4n) is 6.77. The second kappa shape index (κ2) is 11.9. The summed E-state index contributed by atoms with van der Waals surface area (Å²) in [5.74, 6) is 2.29. The number of carbonyl (C=O) groups excluding carboxylic acids is 1. The summed E-state index contributed by atoms with van der Waals surface area (Å²) in [7, 11) is 2.35. The third kappa shape index (κ3) is 6.17. The summed E-state index contributed by atoms with van der Waals surface area (Å²) in [6.45, 7) is 6.94. The van der Waals surface area contributed by atoms with Crippen LogP contribution in [0.2, 0.25) is 0 Å². The summed E-state index contributed by atoms with van der Waals surface area (Å²) in [4.78, 5) is 18.2. The van der Waals surface area contributed by atoms with Gasteiger partial charge in [-0.25, -0.2) is 0 Å². The minimum absolute atomic E-state index is 0.119. The van der Waals surface area contributed by atoms with E-state index in [0.29, 0.717) is 18.5 Å². The SMILES string of the molecule is CCC(CC)C(=O)N1Cc2ccccc2OC2(CCC(N(C)CC3CCCCCCC3)CC2)C1. The van der Waals surface area contributed by atoms with Crippen molar-refractivity contribution in [2.75, 3.05) is 20.1 Å². The van der Waals surface area contributed by atoms with Gasteiger partial charge in [0.25, 0.3) is 0 Å². The van der Waals surface area contributed by atoms with Gasteiger partial charge in [-0.3, -0.25) is 4.79 Å². The molecule has 4 nitrogen and oxygen atoms in total. The van der Waals surface area contributed by atoms with Gasteiger partial charge in [0.1, 0.15) is 11.4 Å². The standard InChI is InChI=1S/C30H48N2O2/c1-4-25(5-2)29(33)32-22-26-15-11-12-16-28(26)34-30(23-32)19-17-27(18-20-30)31(3)21-24-13-9-7-6-8-10-14-24/h11-12,15-16,24-25,27H,4-10,13-14,17-23H2,1-3H3. The van der Waals surface area contributed by atoms with Gasteiger partial charge in [-0.15, -0.1) is 0 Å². The quantitative estimate of drug-likeness (QED) is 0.459. The molecule has 0 radical (unpaired) electrons. The van der Waals surface area contributed by atoms with Crippen LogP contribution in [0.1, 0.15) is 103 Å². The van der Waals surface area contributed by atoms with Crippen LogP contribution >= 0.6 is 0 Å². The third-order valence-corrected chi connectivity index (χ3v) is 9.05. The Bertz CT molecular complexity index is 774. The molecule has 190 valence electrons. The molecule has 1 aromatic carbocycles. The number of carbonyl (C=O) groups is 1. The zero-order valence-corrected chi connectivity index (χ0v) is 22.1. The first-order valence-electron chi connectivity index (χ1n) is 14.3. The van der Waals surface area contributed by atoms with E-state index in [1.165, 1.54) is 64.3 Å². The number of para-hydroxylation sites is 1. The van der Waals surface area contributed by atoms with E-state index in [0.717, 1.165) is 49.5 Å². The molecule has 3 aliphatic rings. The first-order chi connectivity index (χ1) is 16.5. The number of amides is 1. The summed E-state index contributed by atoms with van der Waals surface area (Å²) >= 11 is 0. The number of rotatable bonds is 6. The maximum Gasteiger partial charge on any atom is 0.226 e. The molecule has 0 unspecified atom stereocenters. The van der Waals surface area contributed by atoms with E-state index in [4.69, 9.17) is 4.74 Å². The molecule has 0 atom stereocenters. The lowest BCUT2D eigenvalue weighted by Crippen LogP contribution is -2.53. The van der Waals surface area contributed by atoms with Crippen molar-refractivity contribution in [3.05, 3.63) is 29.8 Å². The summed E-state index contributed by atoms with van der Waals surface area (Å²) in [5, 5.41) is 0. The molecule has 1 heterocycles. The van der Waals surface area contributed by atoms with Gasteiger partial charge in [-0.2, -0.15) is 0 Å². The van der Waals surface area contributed by atoms with Crippen LogP contribution in [0, 0.1) is 11.8 Å². The minimum Gasteiger partial charge on any atom is -0.485 e. The number of ether oxygens (including phenoxy) is 1. The predicted molar refractivity (Wildman–Crippen MR) is 140 cm³/mol. The molecule has 1 spiro atoms. The number of benzene rings is 1. The smallest absolute Gasteiger partial charge is 0.226 e. The fraction of sp³-hybridized carbons (Fsp3) is 0.767. The second-order valence-electron chi connectivity index (χ2n) is 11.5. The Morgan fingerprint density at radius 1 is 1.03 bits per heavy atom. The highest BCUT2D eigenvalue weighted by Crippen LogP contribution is 2.40. The normalized spacial score (nSPS) is 26.6. The predicted octanol–water partition coefficient (Wildman–Crippen LogP) is 6.82. The molecule has 2 saturated carbocycles. The molecule has 0 saturated heterocycles. The molecule has 1 aromatic rings. The van der Waals surface area contributed by atoms with Gasteiger partial charge >= 0.3 is 0 Å². The lowest BCUT2D eigenvalue weighted by atomic mass is 9.80. The number of hydrogen-bond donors (Lipinski definition) is 0. The highest BCUT2D eigenvalue weighted by Gasteiger charge is 2.43. The first kappa shape index (κ1) is 25.5. The molecule has 4 heteroatoms. The molecule has 1 amide bonds. The molecule has 34 heavy (non-hydrogen) atoms. The van der Waals surface area contributed by atoms with Crippen molar-refractivity contribution in [1.29, 1.82) is 0 Å². The molecular weight excluding hydrogens is 420 g/mol. The van der Waals surface area contributed by atoms with Crippen molar-refractivity contribution in [2.45, 2.75) is 116 Å². The van der Waals surface area contributed by atoms with Crippen LogP contribution in [0.5, 0.6) is 5.75 Å². The highest BCUT2D eigenvalue weighted by molar-refractivity contribution is 5.79. The lowest BCUT2D eigenvalue weighted by molar-refractivity contribution is -0.139. The van der Waals surface area contributed by atoms with Crippen LogP contribution in [0.4, 0.5) is 0 Å². The van der Waals surface area contributed by atoms with Gasteiger partial charge in [0.05, 0.1) is 6.54 Å². The van der Waals surface area contributed by atoms with Crippen LogP contribution < -0.4 is 4.74 Å². The van der Waals surface area contributed by atoms with Crippen molar-refractivity contribution in [2.24, 2.45) is 11.8 Å². The highest BCUT2D eigenvalue weighted by atomic mass is 16.5. The maximum atomic E-state index is 13.5. The largest absolute Gasteiger partial charge is 0.485 e. The van der Waals surface area contributed by atoms with Gasteiger partial charge in [0, 0.05) is 30.6 Å². The van der Waals surface area contributed by atoms with E-state index >= 15 is 0 Å². The Hall–Kier alpha value is -1.55. The topological polar surface area (TPSA) is 32.8 Å². The zero-order chi connectivity index (χ0) is 24.0. The van der Waals surface area contributed by atoms with Crippen molar-refractivity contribution in [3.63, 3.8) is 0 Å². The molecule has 0 aromatic heterocycles. The Labute approximate surface area is 208 Å². The van der Waals surface area contributed by atoms with Crippen LogP contribution in [0.25, 0.3) is 0 Å². The Kier molecular flexibility index (Phi) is 8.96. The van der Waals surface area contributed by atoms with Crippen molar-refractivity contribution in [1.82, 2.24) is 9.80 Å². The summed E-state index contributed by atoms with van der Waals surface area (Å²) in [6, 6.07) is 9.02. The van der Waals surface area contributed by atoms with E-state index in [1.54, 1.807) is 0 Å². The maximum absolute atomic E-state index is 13.5. The molecule has 4 rings (SSSR count). The molecule has 1 aliphatic heterocycles. The average molecular weight is 469 g/mol. The minimum atomic E-state index is -0.244. The summed E-state index contributed by atoms with van der Waals surface area (Å²) < 4.78 is 6.81. The Balaban J connectivity index is 1.43. The number of nitrogens with zero attached hydrogens (tertiary/aromatic N) is 2. The van der Waals surface area contributed by atoms with Gasteiger partial charge in [0.2, 0.25) is 5.91 Å². The molecule has 0 bridgehead atoms. The van der Waals surface area contributed by atoms with E-state index in [1.807, 2.05) is 0 Å². The van der Waals surface area contributed by atoms with Crippen LogP contribution in [-0.2, 0) is 11.3 Å². The van der Waals surface area contributed by atoms with Gasteiger partial charge < -0.3 is 14.5 Å². The summed E-state index contributed by atoms with van der Waals surface area (Å²) in [5.41, 5.74) is 0.911. The molecular formula is C30H48N2O2. The monoisotopic (exact) mass is 468 g/mol. The van der Waals surface area contributed by atoms with Crippen molar-refractivity contribution < 1.29 is 9.53 Å². The molecule has 0 N–H and O–H groups in total. The molecule has 2 fully saturated rings. The third-order valence-electron chi connectivity index (χ3n) is 9.05. The van der Waals surface area contributed by atoms with Crippen LogP contribution in [0.15, 0.2) is 24.3 Å². The number of hydrogen-bond acceptors (Lipinski definition) is 3. The van der Waals surface area contributed by atoms with Gasteiger partial charge in [0.15, 0.2) is 0 Å². The van der Waals surface area contributed by atoms with E-state index in [-0.39, 0.29) is 11.5 Å². The number of fused-ring (bicyclic) bond motifs is 1. The first-order valence-corrected chi connectivity index (χ1v) is 14.3. The van der Waals surface area contributed by atoms with Crippen LogP contribution in [0.3, 0.4) is 0 Å². The lowest BCUT2D eigenvalue weighted by Gasteiger charge is -2.44. The van der Waals surface area contributed by atoms with Gasteiger partial charge in [-0.05, 0) is 70.4 Å². The molecule has 2 aliphatic carbocycles. The Morgan fingerprint density at radius 2 is 1.68 bits per heavy atom. The summed E-state index contributed by atoms with van der Waals surface area (Å²) in [6.07, 6.45) is 16.2. The average Bonchev–Trinajstić information content (AvgIpc) is 2.98.